The zero-order valence-electron chi connectivity index (χ0n) is 19.7. The molecule has 0 spiro atoms. The van der Waals surface area contributed by atoms with Crippen molar-refractivity contribution >= 4 is 11.6 Å². The first-order chi connectivity index (χ1) is 14.3. The van der Waals surface area contributed by atoms with Crippen molar-refractivity contribution in [3.05, 3.63) is 66.1 Å². The minimum Gasteiger partial charge on any atom is -0.317 e. The minimum atomic E-state index is -0.470. The Hall–Kier alpha value is -2.13. The van der Waals surface area contributed by atoms with Gasteiger partial charge in [0.25, 0.3) is 0 Å². The number of benzene rings is 2. The number of carbonyl (C=O) groups excluding carboxylic acids is 1. The number of anilines is 1. The molecule has 0 saturated carbocycles. The molecule has 0 unspecified atom stereocenters. The van der Waals surface area contributed by atoms with E-state index in [2.05, 4.69) is 5.32 Å². The molecule has 2 aromatic carbocycles. The predicted molar refractivity (Wildman–Crippen MR) is 104 cm³/mol. The average molecular weight is 342 g/mol. The molecule has 3 nitrogen and oxygen atoms in total. The van der Waals surface area contributed by atoms with Crippen LogP contribution in [0, 0.1) is 0 Å². The molecule has 25 heavy (non-hydrogen) atoms. The summed E-state index contributed by atoms with van der Waals surface area (Å²) >= 11 is 0. The standard InChI is InChI=1S/C22H28N2O/c1-2-21(25)24(20-11-7-4-8-12-20)22(15-17-23-18-16-22)14-13-19-9-5-3-6-10-19/h3-12,23H,2,13-18H2,1H3/i3D,5D,6D,9D,10D. The van der Waals surface area contributed by atoms with Gasteiger partial charge in [0.15, 0.2) is 0 Å². The number of rotatable bonds is 6. The summed E-state index contributed by atoms with van der Waals surface area (Å²) in [7, 11) is 0. The van der Waals surface area contributed by atoms with Crippen LogP contribution in [-0.4, -0.2) is 24.5 Å². The quantitative estimate of drug-likeness (QED) is 0.855. The van der Waals surface area contributed by atoms with Crippen LogP contribution in [0.2, 0.25) is 0 Å². The molecule has 132 valence electrons. The summed E-state index contributed by atoms with van der Waals surface area (Å²) in [4.78, 5) is 15.0. The highest BCUT2D eigenvalue weighted by molar-refractivity contribution is 5.94. The fourth-order valence-corrected chi connectivity index (χ4v) is 3.65. The largest absolute Gasteiger partial charge is 0.317 e. The Balaban J connectivity index is 2.02. The van der Waals surface area contributed by atoms with E-state index in [0.29, 0.717) is 24.8 Å². The number of piperidine rings is 1. The van der Waals surface area contributed by atoms with Crippen LogP contribution in [0.3, 0.4) is 0 Å². The number of hydrogen-bond donors (Lipinski definition) is 1. The lowest BCUT2D eigenvalue weighted by Gasteiger charge is -2.47. The third-order valence-corrected chi connectivity index (χ3v) is 4.97. The van der Waals surface area contributed by atoms with Crippen molar-refractivity contribution in [2.45, 2.75) is 44.6 Å². The molecule has 3 rings (SSSR count). The topological polar surface area (TPSA) is 32.3 Å². The molecular formula is C22H28N2O. The second kappa shape index (κ2) is 8.30. The maximum absolute atomic E-state index is 13.1. The maximum atomic E-state index is 13.1. The fourth-order valence-electron chi connectivity index (χ4n) is 3.65. The summed E-state index contributed by atoms with van der Waals surface area (Å²) in [5.74, 6) is 0.0316. The molecule has 0 aliphatic carbocycles. The highest BCUT2D eigenvalue weighted by Gasteiger charge is 2.40. The Bertz CT molecular complexity index is 884. The molecular weight excluding hydrogens is 308 g/mol. The van der Waals surface area contributed by atoms with Crippen LogP contribution in [0.1, 0.15) is 45.0 Å². The first-order valence-electron chi connectivity index (χ1n) is 11.5. The fraction of sp³-hybridized carbons (Fsp3) is 0.409. The van der Waals surface area contributed by atoms with Crippen molar-refractivity contribution in [3.8, 4) is 0 Å². The molecule has 3 heteroatoms. The van der Waals surface area contributed by atoms with E-state index >= 15 is 0 Å². The summed E-state index contributed by atoms with van der Waals surface area (Å²) < 4.78 is 40.2. The molecule has 0 aromatic heterocycles. The van der Waals surface area contributed by atoms with E-state index in [-0.39, 0.29) is 36.1 Å². The van der Waals surface area contributed by atoms with Crippen LogP contribution >= 0.6 is 0 Å². The van der Waals surface area contributed by atoms with Crippen LogP contribution in [0.25, 0.3) is 0 Å². The lowest BCUT2D eigenvalue weighted by Crippen LogP contribution is -2.57. The molecule has 1 heterocycles. The first-order valence-corrected chi connectivity index (χ1v) is 8.97. The Labute approximate surface area is 158 Å². The molecule has 1 amide bonds. The lowest BCUT2D eigenvalue weighted by atomic mass is 9.80. The van der Waals surface area contributed by atoms with Gasteiger partial charge in [-0.05, 0) is 56.5 Å². The Morgan fingerprint density at radius 2 is 1.84 bits per heavy atom. The van der Waals surface area contributed by atoms with Gasteiger partial charge < -0.3 is 10.2 Å². The minimum absolute atomic E-state index is 0.0316. The van der Waals surface area contributed by atoms with Gasteiger partial charge in [-0.2, -0.15) is 0 Å². The molecule has 1 aliphatic rings. The number of carbonyl (C=O) groups is 1. The van der Waals surface area contributed by atoms with Crippen LogP contribution in [0.5, 0.6) is 0 Å². The van der Waals surface area contributed by atoms with Gasteiger partial charge in [0.05, 0.1) is 12.4 Å². The van der Waals surface area contributed by atoms with Crippen LogP contribution in [0.4, 0.5) is 5.69 Å². The van der Waals surface area contributed by atoms with Crippen molar-refractivity contribution in [2.24, 2.45) is 0 Å². The molecule has 0 radical (unpaired) electrons. The van der Waals surface area contributed by atoms with E-state index in [1.165, 1.54) is 0 Å². The number of hydrogen-bond acceptors (Lipinski definition) is 2. The highest BCUT2D eigenvalue weighted by atomic mass is 16.2. The third-order valence-electron chi connectivity index (χ3n) is 4.97. The summed E-state index contributed by atoms with van der Waals surface area (Å²) in [6.07, 6.45) is 2.71. The van der Waals surface area contributed by atoms with E-state index in [0.717, 1.165) is 31.6 Å². The van der Waals surface area contributed by atoms with Gasteiger partial charge in [0.2, 0.25) is 5.91 Å². The Kier molecular flexibility index (Phi) is 4.07. The molecule has 1 saturated heterocycles. The zero-order chi connectivity index (χ0) is 21.9. The summed E-state index contributed by atoms with van der Waals surface area (Å²) in [6, 6.07) is 8.30. The third kappa shape index (κ3) is 4.10. The smallest absolute Gasteiger partial charge is 0.227 e. The zero-order valence-corrected chi connectivity index (χ0v) is 14.7. The van der Waals surface area contributed by atoms with Crippen molar-refractivity contribution in [3.63, 3.8) is 0 Å². The number of amides is 1. The second-order valence-electron chi connectivity index (χ2n) is 6.50. The molecule has 1 aliphatic heterocycles. The Morgan fingerprint density at radius 3 is 2.48 bits per heavy atom. The van der Waals surface area contributed by atoms with Crippen molar-refractivity contribution in [2.75, 3.05) is 18.0 Å². The van der Waals surface area contributed by atoms with Gasteiger partial charge in [-0.3, -0.25) is 4.79 Å². The summed E-state index contributed by atoms with van der Waals surface area (Å²) in [6.45, 7) is 3.38. The number of nitrogens with one attached hydrogen (secondary N) is 1. The molecule has 1 N–H and O–H groups in total. The van der Waals surface area contributed by atoms with Crippen molar-refractivity contribution in [1.82, 2.24) is 5.32 Å². The van der Waals surface area contributed by atoms with Crippen LogP contribution in [-0.2, 0) is 11.2 Å². The maximum Gasteiger partial charge on any atom is 0.227 e. The van der Waals surface area contributed by atoms with E-state index in [9.17, 15) is 4.79 Å². The Morgan fingerprint density at radius 1 is 1.16 bits per heavy atom. The SMILES string of the molecule is [2H]c1c([2H])c([2H])c(CCC2(N(C(=O)CC)c3ccccc3)CCNCC2)c([2H])c1[2H]. The molecule has 2 aromatic rings. The highest BCUT2D eigenvalue weighted by Crippen LogP contribution is 2.36. The van der Waals surface area contributed by atoms with Gasteiger partial charge in [0.1, 0.15) is 0 Å². The second-order valence-corrected chi connectivity index (χ2v) is 6.50. The van der Waals surface area contributed by atoms with Crippen LogP contribution in [0.15, 0.2) is 60.5 Å². The van der Waals surface area contributed by atoms with E-state index < -0.39 is 5.54 Å². The predicted octanol–water partition coefficient (Wildman–Crippen LogP) is 4.18. The van der Waals surface area contributed by atoms with E-state index in [4.69, 9.17) is 6.85 Å². The van der Waals surface area contributed by atoms with Gasteiger partial charge in [-0.25, -0.2) is 0 Å². The monoisotopic (exact) mass is 341 g/mol. The normalized spacial score (nSPS) is 19.2. The van der Waals surface area contributed by atoms with Gasteiger partial charge in [-0.15, -0.1) is 0 Å². The molecule has 0 atom stereocenters. The molecule has 0 bridgehead atoms. The van der Waals surface area contributed by atoms with Gasteiger partial charge >= 0.3 is 0 Å². The van der Waals surface area contributed by atoms with Gasteiger partial charge in [-0.1, -0.05) is 55.3 Å². The van der Waals surface area contributed by atoms with Gasteiger partial charge in [0, 0.05) is 12.1 Å². The average Bonchev–Trinajstić information content (AvgIpc) is 2.77. The van der Waals surface area contributed by atoms with Crippen molar-refractivity contribution < 1.29 is 11.6 Å². The van der Waals surface area contributed by atoms with Crippen molar-refractivity contribution in [1.29, 1.82) is 0 Å². The van der Waals surface area contributed by atoms with E-state index in [1.54, 1.807) is 0 Å². The number of para-hydroxylation sites is 1. The van der Waals surface area contributed by atoms with Crippen LogP contribution < -0.4 is 10.2 Å². The first kappa shape index (κ1) is 12.3. The van der Waals surface area contributed by atoms with E-state index in [1.807, 2.05) is 42.2 Å². The lowest BCUT2D eigenvalue weighted by molar-refractivity contribution is -0.119. The number of nitrogens with zero attached hydrogens (tertiary/aromatic N) is 1. The summed E-state index contributed by atoms with van der Waals surface area (Å²) in [5.41, 5.74) is 0.686. The summed E-state index contributed by atoms with van der Waals surface area (Å²) in [5, 5.41) is 3.35. The molecule has 1 fully saturated rings.